The molecular weight excluding hydrogens is 234 g/mol. The molecule has 0 amide bonds. The average Bonchev–Trinajstić information content (AvgIpc) is 2.54. The lowest BCUT2D eigenvalue weighted by atomic mass is 10.1. The van der Waals surface area contributed by atoms with Gasteiger partial charge in [0, 0.05) is 25.7 Å². The highest BCUT2D eigenvalue weighted by atomic mass is 35.5. The Hall–Kier alpha value is -0.540. The van der Waals surface area contributed by atoms with Crippen LogP contribution in [0.5, 0.6) is 0 Å². The molecule has 17 heavy (non-hydrogen) atoms. The van der Waals surface area contributed by atoms with Crippen molar-refractivity contribution >= 4 is 11.6 Å². The van der Waals surface area contributed by atoms with Crippen LogP contribution in [0.1, 0.15) is 38.4 Å². The zero-order valence-corrected chi connectivity index (χ0v) is 12.4. The van der Waals surface area contributed by atoms with Gasteiger partial charge in [-0.05, 0) is 19.4 Å². The Morgan fingerprint density at radius 2 is 2.06 bits per heavy atom. The van der Waals surface area contributed by atoms with E-state index in [4.69, 9.17) is 11.6 Å². The van der Waals surface area contributed by atoms with Crippen molar-refractivity contribution in [3.63, 3.8) is 0 Å². The minimum absolute atomic E-state index is 0.728. The molecule has 1 heterocycles. The summed E-state index contributed by atoms with van der Waals surface area (Å²) in [5, 5.41) is 5.12. The van der Waals surface area contributed by atoms with Crippen LogP contribution in [-0.2, 0) is 13.6 Å². The summed E-state index contributed by atoms with van der Waals surface area (Å²) in [7, 11) is 1.89. The molecule has 0 N–H and O–H groups in total. The van der Waals surface area contributed by atoms with Crippen molar-refractivity contribution in [2.24, 2.45) is 13.0 Å². The molecule has 0 spiro atoms. The number of hydrogen-bond donors (Lipinski definition) is 0. The fourth-order valence-corrected chi connectivity index (χ4v) is 2.19. The molecule has 0 saturated heterocycles. The smallest absolute Gasteiger partial charge is 0.131 e. The van der Waals surface area contributed by atoms with Crippen molar-refractivity contribution in [1.29, 1.82) is 0 Å². The molecule has 0 saturated carbocycles. The highest BCUT2D eigenvalue weighted by Gasteiger charge is 2.15. The van der Waals surface area contributed by atoms with Crippen molar-refractivity contribution in [3.05, 3.63) is 16.4 Å². The van der Waals surface area contributed by atoms with Gasteiger partial charge in [0.1, 0.15) is 5.15 Å². The third-order valence-corrected chi connectivity index (χ3v) is 3.84. The highest BCUT2D eigenvalue weighted by Crippen LogP contribution is 2.21. The predicted octanol–water partition coefficient (Wildman–Crippen LogP) is 3.25. The lowest BCUT2D eigenvalue weighted by Gasteiger charge is -2.23. The van der Waals surface area contributed by atoms with Crippen molar-refractivity contribution < 1.29 is 0 Å². The monoisotopic (exact) mass is 257 g/mol. The van der Waals surface area contributed by atoms with Gasteiger partial charge in [0.2, 0.25) is 0 Å². The second-order valence-electron chi connectivity index (χ2n) is 4.82. The topological polar surface area (TPSA) is 21.1 Å². The molecule has 3 nitrogen and oxygen atoms in total. The van der Waals surface area contributed by atoms with E-state index in [-0.39, 0.29) is 0 Å². The zero-order chi connectivity index (χ0) is 13.0. The van der Waals surface area contributed by atoms with Crippen LogP contribution in [0.4, 0.5) is 0 Å². The number of hydrogen-bond acceptors (Lipinski definition) is 2. The molecule has 1 unspecified atom stereocenters. The van der Waals surface area contributed by atoms with E-state index >= 15 is 0 Å². The van der Waals surface area contributed by atoms with Gasteiger partial charge in [-0.15, -0.1) is 0 Å². The van der Waals surface area contributed by atoms with Gasteiger partial charge >= 0.3 is 0 Å². The van der Waals surface area contributed by atoms with Crippen LogP contribution in [-0.4, -0.2) is 27.8 Å². The summed E-state index contributed by atoms with van der Waals surface area (Å²) in [6.45, 7) is 11.8. The van der Waals surface area contributed by atoms with Crippen LogP contribution in [0, 0.1) is 12.8 Å². The molecule has 1 rings (SSSR count). The standard InChI is InChI=1S/C13H24ClN3/c1-6-10(3)8-17(7-2)9-12-11(4)15-16(5)13(12)14/h10H,6-9H2,1-5H3. The first-order valence-electron chi connectivity index (χ1n) is 6.39. The van der Waals surface area contributed by atoms with Crippen LogP contribution in [0.25, 0.3) is 0 Å². The van der Waals surface area contributed by atoms with E-state index in [9.17, 15) is 0 Å². The van der Waals surface area contributed by atoms with Crippen LogP contribution >= 0.6 is 11.6 Å². The molecule has 0 radical (unpaired) electrons. The van der Waals surface area contributed by atoms with Gasteiger partial charge in [0.05, 0.1) is 5.69 Å². The lowest BCUT2D eigenvalue weighted by Crippen LogP contribution is -2.28. The van der Waals surface area contributed by atoms with Crippen molar-refractivity contribution in [2.45, 2.75) is 40.7 Å². The Morgan fingerprint density at radius 1 is 1.41 bits per heavy atom. The quantitative estimate of drug-likeness (QED) is 0.780. The molecule has 98 valence electrons. The number of aryl methyl sites for hydroxylation is 2. The van der Waals surface area contributed by atoms with E-state index in [0.717, 1.165) is 36.4 Å². The van der Waals surface area contributed by atoms with Crippen LogP contribution in [0.15, 0.2) is 0 Å². The van der Waals surface area contributed by atoms with Crippen LogP contribution in [0.2, 0.25) is 5.15 Å². The minimum atomic E-state index is 0.728. The van der Waals surface area contributed by atoms with Crippen LogP contribution < -0.4 is 0 Å². The van der Waals surface area contributed by atoms with Gasteiger partial charge < -0.3 is 0 Å². The van der Waals surface area contributed by atoms with Gasteiger partial charge in [-0.1, -0.05) is 38.8 Å². The Balaban J connectivity index is 2.73. The second-order valence-corrected chi connectivity index (χ2v) is 5.18. The molecule has 4 heteroatoms. The Morgan fingerprint density at radius 3 is 2.47 bits per heavy atom. The number of nitrogens with zero attached hydrogens (tertiary/aromatic N) is 3. The first kappa shape index (κ1) is 14.5. The van der Waals surface area contributed by atoms with Crippen LogP contribution in [0.3, 0.4) is 0 Å². The van der Waals surface area contributed by atoms with E-state index in [0.29, 0.717) is 0 Å². The Labute approximate surface area is 110 Å². The summed E-state index contributed by atoms with van der Waals surface area (Å²) in [6.07, 6.45) is 1.22. The molecule has 0 bridgehead atoms. The summed E-state index contributed by atoms with van der Waals surface area (Å²) in [5.74, 6) is 0.728. The van der Waals surface area contributed by atoms with Gasteiger partial charge in [-0.25, -0.2) is 0 Å². The predicted molar refractivity (Wildman–Crippen MR) is 73.4 cm³/mol. The summed E-state index contributed by atoms with van der Waals surface area (Å²) < 4.78 is 1.75. The summed E-state index contributed by atoms with van der Waals surface area (Å²) in [4.78, 5) is 2.43. The third kappa shape index (κ3) is 3.71. The SMILES string of the molecule is CCC(C)CN(CC)Cc1c(C)nn(C)c1Cl. The molecule has 0 aliphatic rings. The molecule has 0 aliphatic heterocycles. The molecule has 1 atom stereocenters. The molecule has 1 aromatic heterocycles. The Bertz CT molecular complexity index is 360. The van der Waals surface area contributed by atoms with Crippen molar-refractivity contribution in [1.82, 2.24) is 14.7 Å². The van der Waals surface area contributed by atoms with E-state index in [1.54, 1.807) is 4.68 Å². The number of aromatic nitrogens is 2. The average molecular weight is 258 g/mol. The first-order chi connectivity index (χ1) is 7.99. The van der Waals surface area contributed by atoms with E-state index in [2.05, 4.69) is 30.8 Å². The summed E-state index contributed by atoms with van der Waals surface area (Å²) >= 11 is 6.26. The number of rotatable bonds is 6. The molecular formula is C13H24ClN3. The maximum absolute atomic E-state index is 6.26. The maximum Gasteiger partial charge on any atom is 0.131 e. The van der Waals surface area contributed by atoms with Crippen molar-refractivity contribution in [3.8, 4) is 0 Å². The molecule has 0 aliphatic carbocycles. The van der Waals surface area contributed by atoms with Gasteiger partial charge in [0.25, 0.3) is 0 Å². The van der Waals surface area contributed by atoms with Gasteiger partial charge in [0.15, 0.2) is 0 Å². The first-order valence-corrected chi connectivity index (χ1v) is 6.77. The lowest BCUT2D eigenvalue weighted by molar-refractivity contribution is 0.237. The largest absolute Gasteiger partial charge is 0.299 e. The van der Waals surface area contributed by atoms with E-state index in [1.165, 1.54) is 12.0 Å². The molecule has 1 aromatic rings. The fraction of sp³-hybridized carbons (Fsp3) is 0.769. The van der Waals surface area contributed by atoms with E-state index < -0.39 is 0 Å². The Kier molecular flexibility index (Phi) is 5.47. The van der Waals surface area contributed by atoms with Crippen molar-refractivity contribution in [2.75, 3.05) is 13.1 Å². The van der Waals surface area contributed by atoms with Gasteiger partial charge in [-0.3, -0.25) is 9.58 Å². The number of halogens is 1. The van der Waals surface area contributed by atoms with Gasteiger partial charge in [-0.2, -0.15) is 5.10 Å². The minimum Gasteiger partial charge on any atom is -0.299 e. The zero-order valence-electron chi connectivity index (χ0n) is 11.6. The highest BCUT2D eigenvalue weighted by molar-refractivity contribution is 6.30. The maximum atomic E-state index is 6.26. The third-order valence-electron chi connectivity index (χ3n) is 3.37. The molecule has 0 aromatic carbocycles. The second kappa shape index (κ2) is 6.41. The summed E-state index contributed by atoms with van der Waals surface area (Å²) in [5.41, 5.74) is 2.21. The molecule has 0 fully saturated rings. The fourth-order valence-electron chi connectivity index (χ4n) is 1.95. The summed E-state index contributed by atoms with van der Waals surface area (Å²) in [6, 6.07) is 0. The normalized spacial score (nSPS) is 13.4. The van der Waals surface area contributed by atoms with E-state index in [1.807, 2.05) is 14.0 Å².